The molecule has 0 saturated carbocycles. The highest BCUT2D eigenvalue weighted by Gasteiger charge is 2.28. The van der Waals surface area contributed by atoms with Crippen LogP contribution in [0, 0.1) is 0 Å². The first kappa shape index (κ1) is 15.0. The SMILES string of the molecule is CCN1CCN(C(CN)c2cccc(Br)c2)C(C)C1. The first-order chi connectivity index (χ1) is 9.15. The van der Waals surface area contributed by atoms with Gasteiger partial charge in [-0.1, -0.05) is 35.0 Å². The Balaban J connectivity index is 2.14. The van der Waals surface area contributed by atoms with Gasteiger partial charge in [-0.15, -0.1) is 0 Å². The Morgan fingerprint density at radius 3 is 2.79 bits per heavy atom. The molecule has 1 aliphatic heterocycles. The second-order valence-electron chi connectivity index (χ2n) is 5.29. The van der Waals surface area contributed by atoms with E-state index in [0.717, 1.165) is 30.7 Å². The van der Waals surface area contributed by atoms with Gasteiger partial charge in [0.1, 0.15) is 0 Å². The summed E-state index contributed by atoms with van der Waals surface area (Å²) >= 11 is 3.55. The van der Waals surface area contributed by atoms with Crippen LogP contribution >= 0.6 is 15.9 Å². The van der Waals surface area contributed by atoms with Gasteiger partial charge in [0, 0.05) is 42.7 Å². The fourth-order valence-corrected chi connectivity index (χ4v) is 3.39. The summed E-state index contributed by atoms with van der Waals surface area (Å²) in [5.41, 5.74) is 7.36. The van der Waals surface area contributed by atoms with Crippen LogP contribution in [-0.2, 0) is 0 Å². The molecule has 0 spiro atoms. The van der Waals surface area contributed by atoms with Crippen LogP contribution in [0.25, 0.3) is 0 Å². The molecule has 2 unspecified atom stereocenters. The predicted molar refractivity (Wildman–Crippen MR) is 84.2 cm³/mol. The third-order valence-corrected chi connectivity index (χ3v) is 4.56. The maximum Gasteiger partial charge on any atom is 0.0474 e. The van der Waals surface area contributed by atoms with Gasteiger partial charge in [-0.25, -0.2) is 0 Å². The first-order valence-electron chi connectivity index (χ1n) is 7.09. The van der Waals surface area contributed by atoms with E-state index in [1.165, 1.54) is 5.56 Å². The van der Waals surface area contributed by atoms with Gasteiger partial charge in [-0.05, 0) is 31.2 Å². The molecule has 1 saturated heterocycles. The minimum atomic E-state index is 0.325. The normalized spacial score (nSPS) is 23.5. The third-order valence-electron chi connectivity index (χ3n) is 4.07. The monoisotopic (exact) mass is 325 g/mol. The predicted octanol–water partition coefficient (Wildman–Crippen LogP) is 2.47. The van der Waals surface area contributed by atoms with Crippen molar-refractivity contribution in [2.24, 2.45) is 5.73 Å². The Labute approximate surface area is 124 Å². The molecule has 0 aliphatic carbocycles. The molecule has 0 radical (unpaired) electrons. The molecule has 4 heteroatoms. The average molecular weight is 326 g/mol. The molecule has 2 N–H and O–H groups in total. The lowest BCUT2D eigenvalue weighted by atomic mass is 10.0. The van der Waals surface area contributed by atoms with E-state index in [-0.39, 0.29) is 0 Å². The van der Waals surface area contributed by atoms with E-state index < -0.39 is 0 Å². The zero-order valence-corrected chi connectivity index (χ0v) is 13.4. The molecule has 1 fully saturated rings. The molecule has 3 nitrogen and oxygen atoms in total. The molecule has 1 aromatic carbocycles. The van der Waals surface area contributed by atoms with E-state index in [0.29, 0.717) is 18.6 Å². The summed E-state index contributed by atoms with van der Waals surface area (Å²) in [5, 5.41) is 0. The number of halogens is 1. The van der Waals surface area contributed by atoms with Gasteiger partial charge in [0.05, 0.1) is 0 Å². The molecule has 106 valence electrons. The van der Waals surface area contributed by atoms with Gasteiger partial charge in [0.15, 0.2) is 0 Å². The van der Waals surface area contributed by atoms with E-state index in [4.69, 9.17) is 5.73 Å². The summed E-state index contributed by atoms with van der Waals surface area (Å²) in [6.45, 7) is 9.74. The molecule has 1 heterocycles. The van der Waals surface area contributed by atoms with Crippen LogP contribution in [-0.4, -0.2) is 48.6 Å². The molecule has 0 amide bonds. The van der Waals surface area contributed by atoms with Crippen molar-refractivity contribution in [3.63, 3.8) is 0 Å². The van der Waals surface area contributed by atoms with Crippen LogP contribution in [0.5, 0.6) is 0 Å². The molecule has 2 rings (SSSR count). The van der Waals surface area contributed by atoms with Crippen molar-refractivity contribution in [2.75, 3.05) is 32.7 Å². The van der Waals surface area contributed by atoms with E-state index in [2.05, 4.69) is 63.8 Å². The van der Waals surface area contributed by atoms with Crippen LogP contribution in [0.2, 0.25) is 0 Å². The van der Waals surface area contributed by atoms with E-state index in [9.17, 15) is 0 Å². The van der Waals surface area contributed by atoms with Gasteiger partial charge in [-0.2, -0.15) is 0 Å². The minimum absolute atomic E-state index is 0.325. The summed E-state index contributed by atoms with van der Waals surface area (Å²) < 4.78 is 1.13. The summed E-state index contributed by atoms with van der Waals surface area (Å²) in [6, 6.07) is 9.41. The lowest BCUT2D eigenvalue weighted by Crippen LogP contribution is -2.53. The maximum atomic E-state index is 6.04. The van der Waals surface area contributed by atoms with Gasteiger partial charge in [-0.3, -0.25) is 4.90 Å². The number of hydrogen-bond donors (Lipinski definition) is 1. The summed E-state index contributed by atoms with van der Waals surface area (Å²) in [7, 11) is 0. The molecule has 19 heavy (non-hydrogen) atoms. The summed E-state index contributed by atoms with van der Waals surface area (Å²) in [5.74, 6) is 0. The lowest BCUT2D eigenvalue weighted by molar-refractivity contribution is 0.0536. The second kappa shape index (κ2) is 6.84. The standard InChI is InChI=1S/C15H24BrN3/c1-3-18-7-8-19(12(2)11-18)15(10-17)13-5-4-6-14(16)9-13/h4-6,9,12,15H,3,7-8,10-11,17H2,1-2H3. The molecule has 0 bridgehead atoms. The summed E-state index contributed by atoms with van der Waals surface area (Å²) in [6.07, 6.45) is 0. The minimum Gasteiger partial charge on any atom is -0.329 e. The van der Waals surface area contributed by atoms with Crippen molar-refractivity contribution >= 4 is 15.9 Å². The quantitative estimate of drug-likeness (QED) is 0.923. The fourth-order valence-electron chi connectivity index (χ4n) is 2.97. The van der Waals surface area contributed by atoms with Crippen LogP contribution in [0.4, 0.5) is 0 Å². The fraction of sp³-hybridized carbons (Fsp3) is 0.600. The van der Waals surface area contributed by atoms with E-state index in [1.54, 1.807) is 0 Å². The molecular weight excluding hydrogens is 302 g/mol. The number of piperazine rings is 1. The molecule has 1 aromatic rings. The van der Waals surface area contributed by atoms with Gasteiger partial charge in [0.2, 0.25) is 0 Å². The Hall–Kier alpha value is -0.420. The number of hydrogen-bond acceptors (Lipinski definition) is 3. The van der Waals surface area contributed by atoms with Crippen LogP contribution in [0.1, 0.15) is 25.5 Å². The van der Waals surface area contributed by atoms with Crippen molar-refractivity contribution in [3.05, 3.63) is 34.3 Å². The van der Waals surface area contributed by atoms with Gasteiger partial charge < -0.3 is 10.6 Å². The largest absolute Gasteiger partial charge is 0.329 e. The van der Waals surface area contributed by atoms with Crippen molar-refractivity contribution in [2.45, 2.75) is 25.9 Å². The zero-order chi connectivity index (χ0) is 13.8. The van der Waals surface area contributed by atoms with Crippen LogP contribution < -0.4 is 5.73 Å². The highest BCUT2D eigenvalue weighted by atomic mass is 79.9. The molecule has 0 aromatic heterocycles. The molecular formula is C15H24BrN3. The Kier molecular flexibility index (Phi) is 5.39. The topological polar surface area (TPSA) is 32.5 Å². The molecule has 2 atom stereocenters. The number of benzene rings is 1. The van der Waals surface area contributed by atoms with Crippen molar-refractivity contribution in [1.82, 2.24) is 9.80 Å². The Morgan fingerprint density at radius 1 is 1.42 bits per heavy atom. The number of nitrogens with zero attached hydrogens (tertiary/aromatic N) is 2. The smallest absolute Gasteiger partial charge is 0.0474 e. The molecule has 1 aliphatic rings. The number of likely N-dealkylation sites (N-methyl/N-ethyl adjacent to an activating group) is 1. The van der Waals surface area contributed by atoms with Crippen molar-refractivity contribution in [3.8, 4) is 0 Å². The van der Waals surface area contributed by atoms with Crippen LogP contribution in [0.15, 0.2) is 28.7 Å². The highest BCUT2D eigenvalue weighted by molar-refractivity contribution is 9.10. The maximum absolute atomic E-state index is 6.04. The Morgan fingerprint density at radius 2 is 2.21 bits per heavy atom. The van der Waals surface area contributed by atoms with Gasteiger partial charge >= 0.3 is 0 Å². The highest BCUT2D eigenvalue weighted by Crippen LogP contribution is 2.26. The van der Waals surface area contributed by atoms with Gasteiger partial charge in [0.25, 0.3) is 0 Å². The van der Waals surface area contributed by atoms with Crippen LogP contribution in [0.3, 0.4) is 0 Å². The van der Waals surface area contributed by atoms with E-state index >= 15 is 0 Å². The van der Waals surface area contributed by atoms with Crippen molar-refractivity contribution in [1.29, 1.82) is 0 Å². The van der Waals surface area contributed by atoms with E-state index in [1.807, 2.05) is 0 Å². The average Bonchev–Trinajstić information content (AvgIpc) is 2.41. The third kappa shape index (κ3) is 3.57. The van der Waals surface area contributed by atoms with Crippen molar-refractivity contribution < 1.29 is 0 Å². The lowest BCUT2D eigenvalue weighted by Gasteiger charge is -2.43. The summed E-state index contributed by atoms with van der Waals surface area (Å²) in [4.78, 5) is 5.06. The second-order valence-corrected chi connectivity index (χ2v) is 6.20. The Bertz CT molecular complexity index is 410. The first-order valence-corrected chi connectivity index (χ1v) is 7.88. The number of rotatable bonds is 4. The number of nitrogens with two attached hydrogens (primary N) is 1. The zero-order valence-electron chi connectivity index (χ0n) is 11.8.